The summed E-state index contributed by atoms with van der Waals surface area (Å²) >= 11 is 0. The normalized spacial score (nSPS) is 15.5. The Bertz CT molecular complexity index is 289. The molecule has 0 aliphatic heterocycles. The zero-order chi connectivity index (χ0) is 14.1. The van der Waals surface area contributed by atoms with E-state index >= 15 is 0 Å². The van der Waals surface area contributed by atoms with E-state index in [4.69, 9.17) is 9.47 Å². The molecule has 19 heavy (non-hydrogen) atoms. The molecule has 1 saturated carbocycles. The average molecular weight is 273 g/mol. The molecule has 1 rings (SSSR count). The van der Waals surface area contributed by atoms with Gasteiger partial charge >= 0.3 is 5.97 Å². The van der Waals surface area contributed by atoms with E-state index in [1.54, 1.807) is 12.0 Å². The van der Waals surface area contributed by atoms with Crippen LogP contribution < -0.4 is 0 Å². The van der Waals surface area contributed by atoms with Crippen molar-refractivity contribution in [1.82, 2.24) is 4.90 Å². The summed E-state index contributed by atoms with van der Waals surface area (Å²) < 4.78 is 14.7. The lowest BCUT2D eigenvalue weighted by molar-refractivity contribution is -0.150. The lowest BCUT2D eigenvalue weighted by Crippen LogP contribution is -2.44. The topological polar surface area (TPSA) is 65.1 Å². The molecule has 6 heteroatoms. The van der Waals surface area contributed by atoms with E-state index in [9.17, 15) is 9.59 Å². The van der Waals surface area contributed by atoms with Gasteiger partial charge in [0.1, 0.15) is 13.2 Å². The van der Waals surface area contributed by atoms with E-state index < -0.39 is 5.97 Å². The van der Waals surface area contributed by atoms with Crippen LogP contribution in [0.3, 0.4) is 0 Å². The molecule has 0 aromatic heterocycles. The number of esters is 1. The zero-order valence-electron chi connectivity index (χ0n) is 11.7. The summed E-state index contributed by atoms with van der Waals surface area (Å²) in [6.07, 6.45) is 4.09. The highest BCUT2D eigenvalue weighted by atomic mass is 16.5. The number of carbonyl (C=O) groups excluding carboxylic acids is 2. The fourth-order valence-corrected chi connectivity index (χ4v) is 2.23. The second kappa shape index (κ2) is 8.87. The van der Waals surface area contributed by atoms with Gasteiger partial charge < -0.3 is 19.1 Å². The number of amides is 1. The molecule has 0 aromatic rings. The minimum absolute atomic E-state index is 0.00758. The van der Waals surface area contributed by atoms with Crippen molar-refractivity contribution < 1.29 is 23.8 Å². The van der Waals surface area contributed by atoms with Crippen molar-refractivity contribution in [3.63, 3.8) is 0 Å². The number of carbonyl (C=O) groups is 2. The fraction of sp³-hybridized carbons (Fsp3) is 0.846. The van der Waals surface area contributed by atoms with Gasteiger partial charge in [0.05, 0.1) is 20.3 Å². The molecule has 0 N–H and O–H groups in total. The summed E-state index contributed by atoms with van der Waals surface area (Å²) in [7, 11) is 2.90. The summed E-state index contributed by atoms with van der Waals surface area (Å²) in [4.78, 5) is 25.1. The maximum atomic E-state index is 12.1. The van der Waals surface area contributed by atoms with Crippen LogP contribution in [0.15, 0.2) is 0 Å². The van der Waals surface area contributed by atoms with Crippen LogP contribution in [0.1, 0.15) is 25.7 Å². The van der Waals surface area contributed by atoms with Crippen molar-refractivity contribution in [1.29, 1.82) is 0 Å². The van der Waals surface area contributed by atoms with Gasteiger partial charge in [0.25, 0.3) is 0 Å². The average Bonchev–Trinajstić information content (AvgIpc) is 2.94. The Morgan fingerprint density at radius 3 is 2.42 bits per heavy atom. The molecule has 0 aromatic carbocycles. The quantitative estimate of drug-likeness (QED) is 0.478. The first-order valence-corrected chi connectivity index (χ1v) is 6.62. The smallest absolute Gasteiger partial charge is 0.325 e. The largest absolute Gasteiger partial charge is 0.468 e. The number of methoxy groups -OCH3 is 2. The summed E-state index contributed by atoms with van der Waals surface area (Å²) in [5, 5.41) is 0. The summed E-state index contributed by atoms with van der Waals surface area (Å²) in [5.41, 5.74) is 0. The molecule has 0 spiro atoms. The number of hydrogen-bond donors (Lipinski definition) is 0. The monoisotopic (exact) mass is 273 g/mol. The molecule has 1 amide bonds. The molecule has 0 atom stereocenters. The molecule has 0 bridgehead atoms. The summed E-state index contributed by atoms with van der Waals surface area (Å²) in [6.45, 7) is 0.817. The molecule has 0 radical (unpaired) electrons. The molecule has 0 unspecified atom stereocenters. The van der Waals surface area contributed by atoms with Crippen LogP contribution in [-0.2, 0) is 23.8 Å². The Kier molecular flexibility index (Phi) is 7.43. The van der Waals surface area contributed by atoms with Gasteiger partial charge in [0.15, 0.2) is 0 Å². The molecular formula is C13H23NO5. The third-order valence-electron chi connectivity index (χ3n) is 3.27. The van der Waals surface area contributed by atoms with Crippen LogP contribution >= 0.6 is 0 Å². The van der Waals surface area contributed by atoms with E-state index in [2.05, 4.69) is 4.74 Å². The van der Waals surface area contributed by atoms with Crippen molar-refractivity contribution in [3.8, 4) is 0 Å². The van der Waals surface area contributed by atoms with Gasteiger partial charge in [-0.15, -0.1) is 0 Å². The van der Waals surface area contributed by atoms with Crippen LogP contribution in [0.5, 0.6) is 0 Å². The minimum atomic E-state index is -0.392. The summed E-state index contributed by atoms with van der Waals surface area (Å²) in [5.74, 6) is -0.550. The zero-order valence-corrected chi connectivity index (χ0v) is 11.7. The van der Waals surface area contributed by atoms with E-state index in [0.717, 1.165) is 25.7 Å². The van der Waals surface area contributed by atoms with Gasteiger partial charge in [-0.3, -0.25) is 9.59 Å². The van der Waals surface area contributed by atoms with Crippen molar-refractivity contribution in [2.75, 3.05) is 40.6 Å². The third-order valence-corrected chi connectivity index (χ3v) is 3.27. The Balaban J connectivity index is 2.46. The van der Waals surface area contributed by atoms with Crippen LogP contribution in [0.4, 0.5) is 0 Å². The Hall–Kier alpha value is -1.14. The number of ether oxygens (including phenoxy) is 3. The molecular weight excluding hydrogens is 250 g/mol. The van der Waals surface area contributed by atoms with Gasteiger partial charge in [-0.1, -0.05) is 12.8 Å². The molecule has 6 nitrogen and oxygen atoms in total. The van der Waals surface area contributed by atoms with Gasteiger partial charge in [-0.25, -0.2) is 0 Å². The van der Waals surface area contributed by atoms with Gasteiger partial charge in [-0.05, 0) is 12.8 Å². The van der Waals surface area contributed by atoms with Crippen LogP contribution in [0.2, 0.25) is 0 Å². The minimum Gasteiger partial charge on any atom is -0.468 e. The fourth-order valence-electron chi connectivity index (χ4n) is 2.23. The van der Waals surface area contributed by atoms with E-state index in [0.29, 0.717) is 13.2 Å². The molecule has 0 heterocycles. The van der Waals surface area contributed by atoms with E-state index in [1.807, 2.05) is 0 Å². The van der Waals surface area contributed by atoms with Gasteiger partial charge in [0, 0.05) is 13.2 Å². The Morgan fingerprint density at radius 1 is 1.16 bits per heavy atom. The first-order chi connectivity index (χ1) is 9.19. The summed E-state index contributed by atoms with van der Waals surface area (Å²) in [6, 6.07) is 0.137. The van der Waals surface area contributed by atoms with E-state index in [-0.39, 0.29) is 25.1 Å². The number of hydrogen-bond acceptors (Lipinski definition) is 5. The lowest BCUT2D eigenvalue weighted by atomic mass is 10.2. The van der Waals surface area contributed by atoms with Gasteiger partial charge in [-0.2, -0.15) is 0 Å². The Morgan fingerprint density at radius 2 is 1.84 bits per heavy atom. The van der Waals surface area contributed by atoms with Crippen molar-refractivity contribution in [2.45, 2.75) is 31.7 Å². The molecule has 1 fully saturated rings. The van der Waals surface area contributed by atoms with Crippen LogP contribution in [0, 0.1) is 0 Å². The molecule has 110 valence electrons. The standard InChI is InChI=1S/C13H23NO5/c1-17-7-8-19-10-12(15)14(9-13(16)18-2)11-5-3-4-6-11/h11H,3-10H2,1-2H3. The third kappa shape index (κ3) is 5.57. The highest BCUT2D eigenvalue weighted by molar-refractivity contribution is 5.83. The first-order valence-electron chi connectivity index (χ1n) is 6.62. The number of rotatable bonds is 8. The maximum Gasteiger partial charge on any atom is 0.325 e. The predicted octanol–water partition coefficient (Wildman–Crippen LogP) is 0.594. The highest BCUT2D eigenvalue weighted by Crippen LogP contribution is 2.23. The SMILES string of the molecule is COCCOCC(=O)N(CC(=O)OC)C1CCCC1. The number of nitrogens with zero attached hydrogens (tertiary/aromatic N) is 1. The first kappa shape index (κ1) is 15.9. The second-order valence-corrected chi connectivity index (χ2v) is 4.58. The maximum absolute atomic E-state index is 12.1. The predicted molar refractivity (Wildman–Crippen MR) is 68.7 cm³/mol. The highest BCUT2D eigenvalue weighted by Gasteiger charge is 2.28. The van der Waals surface area contributed by atoms with Crippen LogP contribution in [-0.4, -0.2) is 63.4 Å². The van der Waals surface area contributed by atoms with Gasteiger partial charge in [0.2, 0.25) is 5.91 Å². The molecule has 0 saturated heterocycles. The van der Waals surface area contributed by atoms with Crippen molar-refractivity contribution in [2.24, 2.45) is 0 Å². The van der Waals surface area contributed by atoms with Crippen LogP contribution in [0.25, 0.3) is 0 Å². The lowest BCUT2D eigenvalue weighted by Gasteiger charge is -2.27. The van der Waals surface area contributed by atoms with E-state index in [1.165, 1.54) is 7.11 Å². The second-order valence-electron chi connectivity index (χ2n) is 4.58. The Labute approximate surface area is 114 Å². The molecule has 1 aliphatic rings. The molecule has 1 aliphatic carbocycles. The van der Waals surface area contributed by atoms with Crippen molar-refractivity contribution >= 4 is 11.9 Å². The van der Waals surface area contributed by atoms with Crippen molar-refractivity contribution in [3.05, 3.63) is 0 Å².